The lowest BCUT2D eigenvalue weighted by Gasteiger charge is -2.11. The van der Waals surface area contributed by atoms with Gasteiger partial charge < -0.3 is 9.84 Å². The molecule has 0 spiro atoms. The summed E-state index contributed by atoms with van der Waals surface area (Å²) in [4.78, 5) is 0. The molecular weight excluding hydrogens is 197 g/mol. The minimum Gasteiger partial charge on any atom is -0.492 e. The van der Waals surface area contributed by atoms with Crippen LogP contribution in [0.3, 0.4) is 0 Å². The second-order valence-electron chi connectivity index (χ2n) is 3.68. The fourth-order valence-corrected chi connectivity index (χ4v) is 1.56. The molecule has 0 aliphatic heterocycles. The van der Waals surface area contributed by atoms with Gasteiger partial charge in [0, 0.05) is 0 Å². The molecule has 0 unspecified atom stereocenters. The van der Waals surface area contributed by atoms with Crippen molar-refractivity contribution in [2.45, 2.75) is 18.4 Å². The normalized spacial score (nSPS) is 16.9. The molecular formula is C11H10FNO2. The Balaban J connectivity index is 2.54. The zero-order chi connectivity index (χ0) is 11.1. The number of hydrogen-bond acceptors (Lipinski definition) is 3. The van der Waals surface area contributed by atoms with Crippen molar-refractivity contribution in [2.75, 3.05) is 7.11 Å². The van der Waals surface area contributed by atoms with Crippen LogP contribution in [-0.2, 0) is 5.60 Å². The van der Waals surface area contributed by atoms with Gasteiger partial charge in [-0.15, -0.1) is 0 Å². The van der Waals surface area contributed by atoms with Crippen LogP contribution < -0.4 is 4.74 Å². The van der Waals surface area contributed by atoms with Gasteiger partial charge in [0.05, 0.1) is 18.3 Å². The SMILES string of the molecule is COc1c(F)cc(C2(O)CC2)cc1C#N. The Morgan fingerprint density at radius 1 is 1.53 bits per heavy atom. The maximum absolute atomic E-state index is 13.5. The van der Waals surface area contributed by atoms with Gasteiger partial charge in [0.1, 0.15) is 6.07 Å². The van der Waals surface area contributed by atoms with E-state index < -0.39 is 11.4 Å². The Bertz CT molecular complexity index is 447. The second-order valence-corrected chi connectivity index (χ2v) is 3.68. The zero-order valence-corrected chi connectivity index (χ0v) is 8.25. The van der Waals surface area contributed by atoms with E-state index >= 15 is 0 Å². The standard InChI is InChI=1S/C11H10FNO2/c1-15-10-7(6-13)4-8(5-9(10)12)11(14)2-3-11/h4-5,14H,2-3H2,1H3. The molecule has 1 aromatic carbocycles. The number of nitriles is 1. The van der Waals surface area contributed by atoms with Gasteiger partial charge >= 0.3 is 0 Å². The molecule has 2 rings (SSSR count). The molecule has 78 valence electrons. The molecule has 15 heavy (non-hydrogen) atoms. The summed E-state index contributed by atoms with van der Waals surface area (Å²) in [6.07, 6.45) is 1.23. The fourth-order valence-electron chi connectivity index (χ4n) is 1.56. The lowest BCUT2D eigenvalue weighted by molar-refractivity contribution is 0.151. The summed E-state index contributed by atoms with van der Waals surface area (Å²) in [6.45, 7) is 0. The van der Waals surface area contributed by atoms with Gasteiger partial charge in [-0.2, -0.15) is 5.26 Å². The van der Waals surface area contributed by atoms with Gasteiger partial charge in [0.2, 0.25) is 0 Å². The summed E-state index contributed by atoms with van der Waals surface area (Å²) in [7, 11) is 1.31. The van der Waals surface area contributed by atoms with E-state index in [9.17, 15) is 9.50 Å². The molecule has 4 heteroatoms. The topological polar surface area (TPSA) is 53.2 Å². The molecule has 1 fully saturated rings. The lowest BCUT2D eigenvalue weighted by atomic mass is 10.0. The van der Waals surface area contributed by atoms with Crippen molar-refractivity contribution in [2.24, 2.45) is 0 Å². The number of methoxy groups -OCH3 is 1. The van der Waals surface area contributed by atoms with Crippen molar-refractivity contribution in [3.63, 3.8) is 0 Å². The van der Waals surface area contributed by atoms with E-state index in [-0.39, 0.29) is 11.3 Å². The molecule has 1 N–H and O–H groups in total. The highest BCUT2D eigenvalue weighted by Crippen LogP contribution is 2.46. The Kier molecular flexibility index (Phi) is 2.13. The highest BCUT2D eigenvalue weighted by atomic mass is 19.1. The summed E-state index contributed by atoms with van der Waals surface area (Å²) in [5.41, 5.74) is -0.358. The number of benzene rings is 1. The van der Waals surface area contributed by atoms with E-state index in [4.69, 9.17) is 10.00 Å². The van der Waals surface area contributed by atoms with E-state index in [0.29, 0.717) is 18.4 Å². The third-order valence-corrected chi connectivity index (χ3v) is 2.63. The van der Waals surface area contributed by atoms with Crippen LogP contribution in [0.2, 0.25) is 0 Å². The smallest absolute Gasteiger partial charge is 0.172 e. The number of rotatable bonds is 2. The molecule has 0 amide bonds. The molecule has 0 saturated heterocycles. The molecule has 1 aliphatic rings. The van der Waals surface area contributed by atoms with Crippen molar-refractivity contribution >= 4 is 0 Å². The Labute approximate surface area is 86.7 Å². The lowest BCUT2D eigenvalue weighted by Crippen LogP contribution is -2.06. The van der Waals surface area contributed by atoms with Gasteiger partial charge in [0.15, 0.2) is 11.6 Å². The summed E-state index contributed by atoms with van der Waals surface area (Å²) < 4.78 is 18.2. The molecule has 0 radical (unpaired) electrons. The van der Waals surface area contributed by atoms with Crippen LogP contribution in [0.4, 0.5) is 4.39 Å². The van der Waals surface area contributed by atoms with Crippen LogP contribution in [-0.4, -0.2) is 12.2 Å². The summed E-state index contributed by atoms with van der Waals surface area (Å²) in [5, 5.41) is 18.6. The summed E-state index contributed by atoms with van der Waals surface area (Å²) >= 11 is 0. The maximum atomic E-state index is 13.5. The maximum Gasteiger partial charge on any atom is 0.172 e. The van der Waals surface area contributed by atoms with Crippen molar-refractivity contribution < 1.29 is 14.2 Å². The van der Waals surface area contributed by atoms with E-state index in [1.165, 1.54) is 19.2 Å². The van der Waals surface area contributed by atoms with E-state index in [2.05, 4.69) is 0 Å². The Morgan fingerprint density at radius 2 is 2.20 bits per heavy atom. The first-order chi connectivity index (χ1) is 7.10. The minimum absolute atomic E-state index is 0.0644. The van der Waals surface area contributed by atoms with Crippen molar-refractivity contribution in [1.82, 2.24) is 0 Å². The summed E-state index contributed by atoms with van der Waals surface area (Å²) in [5.74, 6) is -0.669. The summed E-state index contributed by atoms with van der Waals surface area (Å²) in [6, 6.07) is 4.56. The predicted molar refractivity (Wildman–Crippen MR) is 50.8 cm³/mol. The number of hydrogen-bond donors (Lipinski definition) is 1. The molecule has 0 aromatic heterocycles. The largest absolute Gasteiger partial charge is 0.492 e. The first-order valence-corrected chi connectivity index (χ1v) is 4.61. The van der Waals surface area contributed by atoms with Gasteiger partial charge in [-0.05, 0) is 30.5 Å². The highest BCUT2D eigenvalue weighted by Gasteiger charge is 2.42. The quantitative estimate of drug-likeness (QED) is 0.802. The second kappa shape index (κ2) is 3.21. The van der Waals surface area contributed by atoms with E-state index in [0.717, 1.165) is 0 Å². The highest BCUT2D eigenvalue weighted by molar-refractivity contribution is 5.48. The van der Waals surface area contributed by atoms with Crippen molar-refractivity contribution in [3.8, 4) is 11.8 Å². The van der Waals surface area contributed by atoms with Crippen LogP contribution in [0.5, 0.6) is 5.75 Å². The molecule has 0 bridgehead atoms. The fraction of sp³-hybridized carbons (Fsp3) is 0.364. The number of nitrogens with zero attached hydrogens (tertiary/aromatic N) is 1. The first kappa shape index (κ1) is 9.94. The van der Waals surface area contributed by atoms with Crippen molar-refractivity contribution in [1.29, 1.82) is 5.26 Å². The number of ether oxygens (including phenoxy) is 1. The third-order valence-electron chi connectivity index (χ3n) is 2.63. The molecule has 1 aliphatic carbocycles. The third kappa shape index (κ3) is 1.55. The van der Waals surface area contributed by atoms with Gasteiger partial charge in [-0.1, -0.05) is 0 Å². The molecule has 1 aromatic rings. The molecule has 0 atom stereocenters. The van der Waals surface area contributed by atoms with Crippen LogP contribution in [0, 0.1) is 17.1 Å². The predicted octanol–water partition coefficient (Wildman–Crippen LogP) is 1.69. The zero-order valence-electron chi connectivity index (χ0n) is 8.25. The van der Waals surface area contributed by atoms with Crippen LogP contribution in [0.1, 0.15) is 24.0 Å². The van der Waals surface area contributed by atoms with Gasteiger partial charge in [0.25, 0.3) is 0 Å². The van der Waals surface area contributed by atoms with Crippen LogP contribution in [0.25, 0.3) is 0 Å². The van der Waals surface area contributed by atoms with Gasteiger partial charge in [-0.3, -0.25) is 0 Å². The van der Waals surface area contributed by atoms with E-state index in [1.807, 2.05) is 6.07 Å². The van der Waals surface area contributed by atoms with Crippen molar-refractivity contribution in [3.05, 3.63) is 29.1 Å². The van der Waals surface area contributed by atoms with Crippen LogP contribution in [0.15, 0.2) is 12.1 Å². The number of halogens is 1. The monoisotopic (exact) mass is 207 g/mol. The van der Waals surface area contributed by atoms with Crippen LogP contribution >= 0.6 is 0 Å². The number of aliphatic hydroxyl groups is 1. The Morgan fingerprint density at radius 3 is 2.67 bits per heavy atom. The molecule has 3 nitrogen and oxygen atoms in total. The average Bonchev–Trinajstić information content (AvgIpc) is 2.96. The minimum atomic E-state index is -0.932. The molecule has 0 heterocycles. The Hall–Kier alpha value is -1.60. The average molecular weight is 207 g/mol. The first-order valence-electron chi connectivity index (χ1n) is 4.61. The molecule has 1 saturated carbocycles. The van der Waals surface area contributed by atoms with Gasteiger partial charge in [-0.25, -0.2) is 4.39 Å². The van der Waals surface area contributed by atoms with E-state index in [1.54, 1.807) is 0 Å².